The summed E-state index contributed by atoms with van der Waals surface area (Å²) >= 11 is 4.51. The van der Waals surface area contributed by atoms with Gasteiger partial charge in [-0.05, 0) is 15.9 Å². The van der Waals surface area contributed by atoms with E-state index < -0.39 is 5.97 Å². The van der Waals surface area contributed by atoms with Gasteiger partial charge in [-0.1, -0.05) is 6.92 Å². The summed E-state index contributed by atoms with van der Waals surface area (Å²) in [6, 6.07) is 0. The molecule has 0 saturated heterocycles. The van der Waals surface area contributed by atoms with Gasteiger partial charge in [0.1, 0.15) is 0 Å². The number of carboxylic acid groups (broad SMARTS) is 1. The Balaban J connectivity index is 3.00. The standard InChI is InChI=1S/C8H10BrNO3S/c1-4(3-13-2)6-5(7(11)12)10-8(9)14-6/h4H,3H2,1-2H3,(H,11,12). The first-order chi connectivity index (χ1) is 6.56. The average Bonchev–Trinajstić information content (AvgIpc) is 2.48. The van der Waals surface area contributed by atoms with Gasteiger partial charge in [-0.15, -0.1) is 11.3 Å². The summed E-state index contributed by atoms with van der Waals surface area (Å²) in [5.74, 6) is -0.945. The number of aromatic nitrogens is 1. The van der Waals surface area contributed by atoms with Crippen molar-refractivity contribution in [3.05, 3.63) is 14.5 Å². The van der Waals surface area contributed by atoms with Gasteiger partial charge in [0, 0.05) is 17.9 Å². The molecule has 1 rings (SSSR count). The van der Waals surface area contributed by atoms with E-state index in [1.807, 2.05) is 6.92 Å². The molecule has 0 fully saturated rings. The number of rotatable bonds is 4. The SMILES string of the molecule is COCC(C)c1sc(Br)nc1C(=O)O. The van der Waals surface area contributed by atoms with Crippen molar-refractivity contribution in [3.8, 4) is 0 Å². The third-order valence-corrected chi connectivity index (χ3v) is 3.43. The van der Waals surface area contributed by atoms with E-state index in [0.717, 1.165) is 4.88 Å². The van der Waals surface area contributed by atoms with Crippen LogP contribution in [0.1, 0.15) is 28.2 Å². The highest BCUT2D eigenvalue weighted by molar-refractivity contribution is 9.11. The van der Waals surface area contributed by atoms with Crippen LogP contribution in [0.2, 0.25) is 0 Å². The first kappa shape index (κ1) is 11.6. The number of nitrogens with zero attached hydrogens (tertiary/aromatic N) is 1. The molecule has 78 valence electrons. The lowest BCUT2D eigenvalue weighted by Crippen LogP contribution is -2.07. The van der Waals surface area contributed by atoms with Crippen LogP contribution in [0, 0.1) is 0 Å². The molecule has 0 aliphatic carbocycles. The van der Waals surface area contributed by atoms with E-state index in [1.165, 1.54) is 11.3 Å². The number of hydrogen-bond donors (Lipinski definition) is 1. The van der Waals surface area contributed by atoms with Crippen molar-refractivity contribution in [1.82, 2.24) is 4.98 Å². The molecule has 0 amide bonds. The minimum absolute atomic E-state index is 0.0508. The van der Waals surface area contributed by atoms with Crippen molar-refractivity contribution in [2.45, 2.75) is 12.8 Å². The zero-order valence-electron chi connectivity index (χ0n) is 7.78. The molecule has 0 radical (unpaired) electrons. The summed E-state index contributed by atoms with van der Waals surface area (Å²) in [7, 11) is 1.59. The van der Waals surface area contributed by atoms with Crippen molar-refractivity contribution in [2.24, 2.45) is 0 Å². The van der Waals surface area contributed by atoms with E-state index in [1.54, 1.807) is 7.11 Å². The average molecular weight is 280 g/mol. The summed E-state index contributed by atoms with van der Waals surface area (Å²) in [5.41, 5.74) is 0.117. The number of halogens is 1. The number of hydrogen-bond acceptors (Lipinski definition) is 4. The van der Waals surface area contributed by atoms with Gasteiger partial charge < -0.3 is 9.84 Å². The summed E-state index contributed by atoms with van der Waals surface area (Å²) in [6.07, 6.45) is 0. The second kappa shape index (κ2) is 4.86. The second-order valence-electron chi connectivity index (χ2n) is 2.84. The molecule has 0 aliphatic heterocycles. The number of carboxylic acids is 1. The number of methoxy groups -OCH3 is 1. The second-order valence-corrected chi connectivity index (χ2v) is 5.15. The predicted octanol–water partition coefficient (Wildman–Crippen LogP) is 2.35. The maximum absolute atomic E-state index is 10.8. The van der Waals surface area contributed by atoms with Crippen molar-refractivity contribution in [2.75, 3.05) is 13.7 Å². The number of ether oxygens (including phenoxy) is 1. The highest BCUT2D eigenvalue weighted by Gasteiger charge is 2.20. The molecule has 0 saturated carbocycles. The van der Waals surface area contributed by atoms with Crippen molar-refractivity contribution >= 4 is 33.2 Å². The summed E-state index contributed by atoms with van der Waals surface area (Å²) < 4.78 is 5.56. The monoisotopic (exact) mass is 279 g/mol. The third-order valence-electron chi connectivity index (χ3n) is 1.69. The molecule has 1 N–H and O–H groups in total. The van der Waals surface area contributed by atoms with Crippen molar-refractivity contribution in [1.29, 1.82) is 0 Å². The molecule has 14 heavy (non-hydrogen) atoms. The molecule has 1 aromatic heterocycles. The Morgan fingerprint density at radius 3 is 2.93 bits per heavy atom. The van der Waals surface area contributed by atoms with Crippen LogP contribution in [-0.4, -0.2) is 29.8 Å². The van der Waals surface area contributed by atoms with Crippen LogP contribution >= 0.6 is 27.3 Å². The molecule has 1 aromatic rings. The number of aromatic carboxylic acids is 1. The van der Waals surface area contributed by atoms with Crippen LogP contribution in [0.15, 0.2) is 3.92 Å². The van der Waals surface area contributed by atoms with Crippen LogP contribution in [0.4, 0.5) is 0 Å². The fourth-order valence-electron chi connectivity index (χ4n) is 1.12. The lowest BCUT2D eigenvalue weighted by molar-refractivity contribution is 0.0688. The smallest absolute Gasteiger partial charge is 0.355 e. The Bertz CT molecular complexity index is 339. The summed E-state index contributed by atoms with van der Waals surface area (Å²) in [4.78, 5) is 15.5. The van der Waals surface area contributed by atoms with E-state index in [0.29, 0.717) is 10.5 Å². The van der Waals surface area contributed by atoms with Gasteiger partial charge in [0.15, 0.2) is 9.61 Å². The van der Waals surface area contributed by atoms with Crippen LogP contribution in [0.3, 0.4) is 0 Å². The molecule has 1 atom stereocenters. The van der Waals surface area contributed by atoms with Crippen LogP contribution in [0.5, 0.6) is 0 Å². The van der Waals surface area contributed by atoms with Crippen LogP contribution in [0.25, 0.3) is 0 Å². The maximum atomic E-state index is 10.8. The first-order valence-electron chi connectivity index (χ1n) is 3.94. The molecule has 0 spiro atoms. The van der Waals surface area contributed by atoms with Crippen LogP contribution in [-0.2, 0) is 4.74 Å². The van der Waals surface area contributed by atoms with E-state index in [2.05, 4.69) is 20.9 Å². The fourth-order valence-corrected chi connectivity index (χ4v) is 2.64. The molecule has 0 aliphatic rings. The fraction of sp³-hybridized carbons (Fsp3) is 0.500. The molecule has 4 nitrogen and oxygen atoms in total. The molecule has 6 heteroatoms. The topological polar surface area (TPSA) is 59.4 Å². The zero-order valence-corrected chi connectivity index (χ0v) is 10.2. The van der Waals surface area contributed by atoms with E-state index in [-0.39, 0.29) is 11.6 Å². The van der Waals surface area contributed by atoms with Gasteiger partial charge in [0.05, 0.1) is 6.61 Å². The van der Waals surface area contributed by atoms with Gasteiger partial charge in [0.2, 0.25) is 0 Å². The Hall–Kier alpha value is -0.460. The molecule has 1 heterocycles. The highest BCUT2D eigenvalue weighted by Crippen LogP contribution is 2.30. The van der Waals surface area contributed by atoms with Crippen molar-refractivity contribution < 1.29 is 14.6 Å². The van der Waals surface area contributed by atoms with Gasteiger partial charge in [-0.2, -0.15) is 0 Å². The summed E-state index contributed by atoms with van der Waals surface area (Å²) in [5, 5.41) is 8.88. The predicted molar refractivity (Wildman–Crippen MR) is 57.1 cm³/mol. The van der Waals surface area contributed by atoms with Gasteiger partial charge in [0.25, 0.3) is 0 Å². The molecule has 1 unspecified atom stereocenters. The van der Waals surface area contributed by atoms with E-state index in [9.17, 15) is 4.79 Å². The summed E-state index contributed by atoms with van der Waals surface area (Å²) in [6.45, 7) is 2.41. The maximum Gasteiger partial charge on any atom is 0.355 e. The van der Waals surface area contributed by atoms with E-state index >= 15 is 0 Å². The normalized spacial score (nSPS) is 12.8. The molecule has 0 aromatic carbocycles. The molecular weight excluding hydrogens is 270 g/mol. The molecular formula is C8H10BrNO3S. The lowest BCUT2D eigenvalue weighted by atomic mass is 10.1. The van der Waals surface area contributed by atoms with Crippen molar-refractivity contribution in [3.63, 3.8) is 0 Å². The minimum Gasteiger partial charge on any atom is -0.476 e. The highest BCUT2D eigenvalue weighted by atomic mass is 79.9. The minimum atomic E-state index is -0.995. The lowest BCUT2D eigenvalue weighted by Gasteiger charge is -2.07. The largest absolute Gasteiger partial charge is 0.476 e. The zero-order chi connectivity index (χ0) is 10.7. The Labute approximate surface area is 94.1 Å². The Morgan fingerprint density at radius 2 is 2.43 bits per heavy atom. The number of carbonyl (C=O) groups is 1. The Kier molecular flexibility index (Phi) is 4.03. The van der Waals surface area contributed by atoms with Gasteiger partial charge in [-0.25, -0.2) is 9.78 Å². The third kappa shape index (κ3) is 2.52. The Morgan fingerprint density at radius 1 is 1.79 bits per heavy atom. The quantitative estimate of drug-likeness (QED) is 0.919. The van der Waals surface area contributed by atoms with E-state index in [4.69, 9.17) is 9.84 Å². The molecule has 0 bridgehead atoms. The van der Waals surface area contributed by atoms with Gasteiger partial charge in [-0.3, -0.25) is 0 Å². The van der Waals surface area contributed by atoms with Crippen LogP contribution < -0.4 is 0 Å². The van der Waals surface area contributed by atoms with Gasteiger partial charge >= 0.3 is 5.97 Å². The number of thiazole rings is 1. The first-order valence-corrected chi connectivity index (χ1v) is 5.55.